The number of sulfonamides is 1. The average molecular weight is 648 g/mol. The molecule has 1 aromatic carbocycles. The molecule has 0 unspecified atom stereocenters. The summed E-state index contributed by atoms with van der Waals surface area (Å²) in [6.07, 6.45) is 3.59. The van der Waals surface area contributed by atoms with E-state index in [-0.39, 0.29) is 18.7 Å². The summed E-state index contributed by atoms with van der Waals surface area (Å²) >= 11 is 1.53. The summed E-state index contributed by atoms with van der Waals surface area (Å²) in [5.41, 5.74) is 7.79. The Balaban J connectivity index is 1.19. The van der Waals surface area contributed by atoms with Gasteiger partial charge in [0.2, 0.25) is 21.8 Å². The monoisotopic (exact) mass is 647 g/mol. The summed E-state index contributed by atoms with van der Waals surface area (Å²) in [5, 5.41) is 5.06. The summed E-state index contributed by atoms with van der Waals surface area (Å²) in [4.78, 5) is 55.6. The van der Waals surface area contributed by atoms with Crippen molar-refractivity contribution in [2.75, 3.05) is 18.9 Å². The Labute approximate surface area is 260 Å². The van der Waals surface area contributed by atoms with Gasteiger partial charge in [0.1, 0.15) is 6.10 Å². The van der Waals surface area contributed by atoms with Crippen molar-refractivity contribution in [2.24, 2.45) is 17.6 Å². The number of nitrogens with two attached hydrogens (primary N) is 1. The van der Waals surface area contributed by atoms with Gasteiger partial charge in [-0.1, -0.05) is 12.1 Å². The number of carbonyl (C=O) groups excluding carboxylic acids is 4. The smallest absolute Gasteiger partial charge is 0.425 e. The molecule has 1 heterocycles. The van der Waals surface area contributed by atoms with Crippen LogP contribution in [0.15, 0.2) is 42.0 Å². The number of amides is 4. The van der Waals surface area contributed by atoms with E-state index in [0.717, 1.165) is 22.5 Å². The number of thiazole rings is 1. The number of unbranched alkanes of at least 4 members (excludes halogenated alkanes) is 2. The number of carbonyl (C=O) groups is 4. The van der Waals surface area contributed by atoms with E-state index >= 15 is 0 Å². The number of aryl methyl sites for hydroxylation is 1. The van der Waals surface area contributed by atoms with Gasteiger partial charge in [0, 0.05) is 30.2 Å². The van der Waals surface area contributed by atoms with Crippen LogP contribution in [0.25, 0.3) is 11.3 Å². The van der Waals surface area contributed by atoms with Crippen LogP contribution in [0.1, 0.15) is 50.0 Å². The maximum absolute atomic E-state index is 13.2. The molecule has 2 aliphatic rings. The van der Waals surface area contributed by atoms with Crippen molar-refractivity contribution in [1.29, 1.82) is 0 Å². The molecular formula is C29H37N5O8S2. The molecule has 13 nitrogen and oxygen atoms in total. The van der Waals surface area contributed by atoms with Crippen molar-refractivity contribution in [3.63, 3.8) is 0 Å². The molecule has 2 fully saturated rings. The molecule has 1 aromatic heterocycles. The second-order valence-corrected chi connectivity index (χ2v) is 14.0. The van der Waals surface area contributed by atoms with E-state index in [0.29, 0.717) is 44.3 Å². The van der Waals surface area contributed by atoms with Gasteiger partial charge >= 0.3 is 12.2 Å². The molecule has 44 heavy (non-hydrogen) atoms. The van der Waals surface area contributed by atoms with Gasteiger partial charge in [0.05, 0.1) is 34.0 Å². The van der Waals surface area contributed by atoms with Crippen LogP contribution < -0.4 is 15.8 Å². The molecule has 0 bridgehead atoms. The van der Waals surface area contributed by atoms with Crippen LogP contribution >= 0.6 is 11.3 Å². The molecule has 2 aliphatic carbocycles. The van der Waals surface area contributed by atoms with Gasteiger partial charge in [0.15, 0.2) is 0 Å². The SMILES string of the molecule is Cc1nc(-c2cccc(NC(=O)O[C@@H]3C[C@@H](C(N)=O)[C@H](C(=O)N(C)CCCC/C=C\OC(=O)NS(=O)(=O)C4CC4)C3)c2)cs1. The number of ether oxygens (including phenoxy) is 2. The summed E-state index contributed by atoms with van der Waals surface area (Å²) in [7, 11) is -2.02. The number of nitrogens with zero attached hydrogens (tertiary/aromatic N) is 2. The lowest BCUT2D eigenvalue weighted by Crippen LogP contribution is -2.39. The number of allylic oxidation sites excluding steroid dienone is 1. The first kappa shape index (κ1) is 32.9. The van der Waals surface area contributed by atoms with Crippen molar-refractivity contribution >= 4 is 51.0 Å². The van der Waals surface area contributed by atoms with Crippen LogP contribution in [0.3, 0.4) is 0 Å². The molecule has 0 spiro atoms. The number of hydrogen-bond donors (Lipinski definition) is 3. The van der Waals surface area contributed by atoms with Gasteiger partial charge in [0.25, 0.3) is 0 Å². The van der Waals surface area contributed by atoms with Gasteiger partial charge in [-0.25, -0.2) is 27.7 Å². The van der Waals surface area contributed by atoms with E-state index in [2.05, 4.69) is 10.3 Å². The molecule has 238 valence electrons. The molecule has 15 heteroatoms. The molecule has 2 aromatic rings. The van der Waals surface area contributed by atoms with Gasteiger partial charge in [-0.15, -0.1) is 11.3 Å². The predicted molar refractivity (Wildman–Crippen MR) is 164 cm³/mol. The fourth-order valence-electron chi connectivity index (χ4n) is 5.01. The van der Waals surface area contributed by atoms with Crippen molar-refractivity contribution in [1.82, 2.24) is 14.6 Å². The Morgan fingerprint density at radius 3 is 2.57 bits per heavy atom. The van der Waals surface area contributed by atoms with Crippen LogP contribution in [-0.4, -0.2) is 67.2 Å². The average Bonchev–Trinajstić information content (AvgIpc) is 3.62. The molecule has 0 radical (unpaired) electrons. The fraction of sp³-hybridized carbons (Fsp3) is 0.483. The highest BCUT2D eigenvalue weighted by atomic mass is 32.2. The Bertz CT molecular complexity index is 1500. The number of primary amides is 1. The van der Waals surface area contributed by atoms with E-state index in [1.165, 1.54) is 16.2 Å². The molecule has 3 atom stereocenters. The Morgan fingerprint density at radius 2 is 1.89 bits per heavy atom. The maximum Gasteiger partial charge on any atom is 0.425 e. The second kappa shape index (κ2) is 14.7. The first-order chi connectivity index (χ1) is 20.9. The third kappa shape index (κ3) is 9.26. The van der Waals surface area contributed by atoms with Crippen LogP contribution in [0, 0.1) is 18.8 Å². The van der Waals surface area contributed by atoms with E-state index in [9.17, 15) is 27.6 Å². The zero-order valence-electron chi connectivity index (χ0n) is 24.6. The highest BCUT2D eigenvalue weighted by Crippen LogP contribution is 2.35. The van der Waals surface area contributed by atoms with Gasteiger partial charge < -0.3 is 20.1 Å². The summed E-state index contributed by atoms with van der Waals surface area (Å²) in [6.45, 7) is 2.33. The minimum Gasteiger partial charge on any atom is -0.446 e. The number of rotatable bonds is 13. The standard InChI is InChI=1S/C29H37N5O8S2/c1-18-31-25(17-43-18)19-8-7-9-20(14-19)32-28(37)42-21-15-23(26(30)35)24(16-21)27(36)34(2)12-5-3-4-6-13-41-29(38)33-44(39,40)22-10-11-22/h6-9,13-14,17,21-24H,3-5,10-12,15-16H2,1-2H3,(H2,30,35)(H,32,37)(H,33,38)/b13-6-/t21-,23-,24-/m1/s1. The highest BCUT2D eigenvalue weighted by molar-refractivity contribution is 7.90. The molecule has 4 rings (SSSR count). The molecule has 0 aliphatic heterocycles. The molecule has 0 saturated heterocycles. The van der Waals surface area contributed by atoms with E-state index in [1.807, 2.05) is 23.1 Å². The zero-order chi connectivity index (χ0) is 31.9. The zero-order valence-corrected chi connectivity index (χ0v) is 26.2. The number of aromatic nitrogens is 1. The minimum absolute atomic E-state index is 0.158. The van der Waals surface area contributed by atoms with Crippen molar-refractivity contribution in [3.05, 3.63) is 47.0 Å². The first-order valence-electron chi connectivity index (χ1n) is 14.3. The Morgan fingerprint density at radius 1 is 1.14 bits per heavy atom. The normalized spacial score (nSPS) is 19.8. The molecule has 4 N–H and O–H groups in total. The molecule has 2 saturated carbocycles. The maximum atomic E-state index is 13.2. The van der Waals surface area contributed by atoms with Gasteiger partial charge in [-0.2, -0.15) is 0 Å². The van der Waals surface area contributed by atoms with Crippen LogP contribution in [0.5, 0.6) is 0 Å². The lowest BCUT2D eigenvalue weighted by molar-refractivity contribution is -0.139. The summed E-state index contributed by atoms with van der Waals surface area (Å²) < 4.78 is 35.6. The number of nitrogens with one attached hydrogen (secondary N) is 2. The number of hydrogen-bond acceptors (Lipinski definition) is 10. The van der Waals surface area contributed by atoms with Crippen molar-refractivity contribution in [2.45, 2.75) is 63.2 Å². The topological polar surface area (TPSA) is 187 Å². The van der Waals surface area contributed by atoms with Gasteiger partial charge in [-0.05, 0) is 70.1 Å². The van der Waals surface area contributed by atoms with E-state index in [1.54, 1.807) is 31.3 Å². The largest absolute Gasteiger partial charge is 0.446 e. The van der Waals surface area contributed by atoms with Crippen LogP contribution in [0.4, 0.5) is 15.3 Å². The lowest BCUT2D eigenvalue weighted by Gasteiger charge is -2.23. The third-order valence-electron chi connectivity index (χ3n) is 7.45. The van der Waals surface area contributed by atoms with Crippen molar-refractivity contribution in [3.8, 4) is 11.3 Å². The Hall–Kier alpha value is -3.98. The molecular weight excluding hydrogens is 610 g/mol. The molecule has 4 amide bonds. The quantitative estimate of drug-likeness (QED) is 0.214. The fourth-order valence-corrected chi connectivity index (χ4v) is 6.84. The summed E-state index contributed by atoms with van der Waals surface area (Å²) in [6, 6.07) is 7.22. The van der Waals surface area contributed by atoms with Gasteiger partial charge in [-0.3, -0.25) is 14.9 Å². The van der Waals surface area contributed by atoms with E-state index in [4.69, 9.17) is 15.2 Å². The second-order valence-electron chi connectivity index (χ2n) is 11.0. The summed E-state index contributed by atoms with van der Waals surface area (Å²) in [5.74, 6) is -2.33. The predicted octanol–water partition coefficient (Wildman–Crippen LogP) is 3.91. The van der Waals surface area contributed by atoms with E-state index < -0.39 is 51.3 Å². The number of anilines is 1. The lowest BCUT2D eigenvalue weighted by atomic mass is 9.94. The first-order valence-corrected chi connectivity index (χ1v) is 16.8. The van der Waals surface area contributed by atoms with Crippen LogP contribution in [0.2, 0.25) is 0 Å². The number of benzene rings is 1. The van der Waals surface area contributed by atoms with Crippen LogP contribution in [-0.2, 0) is 29.1 Å². The highest BCUT2D eigenvalue weighted by Gasteiger charge is 2.44. The minimum atomic E-state index is -3.66. The van der Waals surface area contributed by atoms with Crippen molar-refractivity contribution < 1.29 is 37.1 Å². The Kier molecular flexibility index (Phi) is 11.0. The third-order valence-corrected chi connectivity index (χ3v) is 10.0.